The Kier molecular flexibility index (Phi) is 4.88. The lowest BCUT2D eigenvalue weighted by molar-refractivity contribution is -0.125. The van der Waals surface area contributed by atoms with Gasteiger partial charge in [0, 0.05) is 25.4 Å². The molecule has 0 aliphatic heterocycles. The molecule has 0 saturated carbocycles. The molecule has 2 rings (SSSR count). The van der Waals surface area contributed by atoms with Crippen LogP contribution in [0.25, 0.3) is 16.8 Å². The van der Waals surface area contributed by atoms with Gasteiger partial charge in [0.15, 0.2) is 0 Å². The Morgan fingerprint density at radius 1 is 1.05 bits per heavy atom. The van der Waals surface area contributed by atoms with Gasteiger partial charge in [-0.05, 0) is 41.8 Å². The molecule has 0 bridgehead atoms. The predicted octanol–water partition coefficient (Wildman–Crippen LogP) is 3.72. The van der Waals surface area contributed by atoms with Crippen LogP contribution in [-0.4, -0.2) is 30.1 Å². The fourth-order valence-corrected chi connectivity index (χ4v) is 2.42. The summed E-state index contributed by atoms with van der Waals surface area (Å²) in [5.74, 6) is 0.0280. The number of nitrogens with one attached hydrogen (secondary N) is 1. The highest BCUT2D eigenvalue weighted by Gasteiger charge is 2.06. The van der Waals surface area contributed by atoms with Gasteiger partial charge in [-0.15, -0.1) is 0 Å². The van der Waals surface area contributed by atoms with E-state index in [0.29, 0.717) is 13.1 Å². The van der Waals surface area contributed by atoms with Gasteiger partial charge in [-0.25, -0.2) is 0 Å². The molecule has 0 atom stereocenters. The third kappa shape index (κ3) is 3.19. The third-order valence-electron chi connectivity index (χ3n) is 3.63. The van der Waals surface area contributed by atoms with Crippen LogP contribution in [-0.2, 0) is 4.79 Å². The summed E-state index contributed by atoms with van der Waals surface area (Å²) in [7, 11) is 0. The summed E-state index contributed by atoms with van der Waals surface area (Å²) in [6.45, 7) is 5.38. The lowest BCUT2D eigenvalue weighted by Gasteiger charge is -2.16. The van der Waals surface area contributed by atoms with E-state index in [1.165, 1.54) is 6.21 Å². The molecule has 0 spiro atoms. The Morgan fingerprint density at radius 2 is 1.62 bits per heavy atom. The van der Waals surface area contributed by atoms with Crippen molar-refractivity contribution in [3.8, 4) is 0 Å². The first-order valence-corrected chi connectivity index (χ1v) is 7.20. The maximum Gasteiger partial charge on any atom is 0.246 e. The van der Waals surface area contributed by atoms with E-state index in [1.807, 2.05) is 56.3 Å². The van der Waals surface area contributed by atoms with Crippen LogP contribution in [0.3, 0.4) is 0 Å². The fourth-order valence-electron chi connectivity index (χ4n) is 2.42. The Balaban J connectivity index is 2.40. The van der Waals surface area contributed by atoms with Crippen LogP contribution in [0.5, 0.6) is 0 Å². The summed E-state index contributed by atoms with van der Waals surface area (Å²) in [5.41, 5.74) is 1.88. The molecule has 1 N–H and O–H groups in total. The standard InChI is InChI=1S/C18H20N2O/c1-3-20(4-2)18(21)12-11-14-9-10-15(13-19)17-8-6-5-7-16(14)17/h5-13,19H,3-4H2,1-2H3/b12-11+,19-13?. The molecule has 1 amide bonds. The number of carbonyl (C=O) groups is 1. The largest absolute Gasteiger partial charge is 0.340 e. The van der Waals surface area contributed by atoms with Crippen molar-refractivity contribution in [1.82, 2.24) is 4.90 Å². The van der Waals surface area contributed by atoms with E-state index in [1.54, 1.807) is 11.0 Å². The Bertz CT molecular complexity index is 685. The smallest absolute Gasteiger partial charge is 0.246 e. The van der Waals surface area contributed by atoms with Gasteiger partial charge in [-0.1, -0.05) is 36.4 Å². The average molecular weight is 280 g/mol. The monoisotopic (exact) mass is 280 g/mol. The zero-order chi connectivity index (χ0) is 15.2. The summed E-state index contributed by atoms with van der Waals surface area (Å²) >= 11 is 0. The molecular weight excluding hydrogens is 260 g/mol. The number of hydrogen-bond donors (Lipinski definition) is 1. The van der Waals surface area contributed by atoms with Crippen molar-refractivity contribution in [3.05, 3.63) is 53.6 Å². The highest BCUT2D eigenvalue weighted by molar-refractivity contribution is 6.03. The SMILES string of the molecule is CCN(CC)C(=O)/C=C/c1ccc(C=N)c2ccccc12. The van der Waals surface area contributed by atoms with Gasteiger partial charge in [-0.3, -0.25) is 4.79 Å². The molecule has 21 heavy (non-hydrogen) atoms. The maximum absolute atomic E-state index is 12.0. The molecule has 2 aromatic carbocycles. The van der Waals surface area contributed by atoms with Crippen LogP contribution >= 0.6 is 0 Å². The first kappa shape index (κ1) is 15.0. The molecule has 3 nitrogen and oxygen atoms in total. The van der Waals surface area contributed by atoms with E-state index in [-0.39, 0.29) is 5.91 Å². The van der Waals surface area contributed by atoms with E-state index in [9.17, 15) is 4.79 Å². The van der Waals surface area contributed by atoms with Crippen LogP contribution in [0.15, 0.2) is 42.5 Å². The molecule has 0 fully saturated rings. The van der Waals surface area contributed by atoms with Crippen molar-refractivity contribution >= 4 is 29.0 Å². The summed E-state index contributed by atoms with van der Waals surface area (Å²) in [6.07, 6.45) is 4.84. The van der Waals surface area contributed by atoms with Gasteiger partial charge in [-0.2, -0.15) is 0 Å². The van der Waals surface area contributed by atoms with Crippen LogP contribution in [0.4, 0.5) is 0 Å². The summed E-state index contributed by atoms with van der Waals surface area (Å²) < 4.78 is 0. The Morgan fingerprint density at radius 3 is 2.19 bits per heavy atom. The minimum Gasteiger partial charge on any atom is -0.340 e. The highest BCUT2D eigenvalue weighted by Crippen LogP contribution is 2.23. The zero-order valence-electron chi connectivity index (χ0n) is 12.5. The van der Waals surface area contributed by atoms with Gasteiger partial charge in [0.05, 0.1) is 0 Å². The van der Waals surface area contributed by atoms with Gasteiger partial charge in [0.2, 0.25) is 5.91 Å². The van der Waals surface area contributed by atoms with Crippen LogP contribution in [0, 0.1) is 5.41 Å². The second kappa shape index (κ2) is 6.84. The molecule has 0 unspecified atom stereocenters. The van der Waals surface area contributed by atoms with Gasteiger partial charge < -0.3 is 10.3 Å². The number of fused-ring (bicyclic) bond motifs is 1. The second-order valence-electron chi connectivity index (χ2n) is 4.78. The number of hydrogen-bond acceptors (Lipinski definition) is 2. The molecule has 0 aliphatic rings. The number of rotatable bonds is 5. The van der Waals surface area contributed by atoms with Crippen LogP contribution < -0.4 is 0 Å². The van der Waals surface area contributed by atoms with Crippen LogP contribution in [0.2, 0.25) is 0 Å². The average Bonchev–Trinajstić information content (AvgIpc) is 2.53. The lowest BCUT2D eigenvalue weighted by Crippen LogP contribution is -2.28. The molecule has 0 saturated heterocycles. The van der Waals surface area contributed by atoms with Crippen molar-refractivity contribution in [1.29, 1.82) is 5.41 Å². The van der Waals surface area contributed by atoms with E-state index in [4.69, 9.17) is 5.41 Å². The highest BCUT2D eigenvalue weighted by atomic mass is 16.2. The molecule has 0 radical (unpaired) electrons. The van der Waals surface area contributed by atoms with E-state index in [0.717, 1.165) is 21.9 Å². The predicted molar refractivity (Wildman–Crippen MR) is 88.8 cm³/mol. The number of nitrogens with zero attached hydrogens (tertiary/aromatic N) is 1. The number of carbonyl (C=O) groups excluding carboxylic acids is 1. The number of benzene rings is 2. The quantitative estimate of drug-likeness (QED) is 0.658. The summed E-state index contributed by atoms with van der Waals surface area (Å²) in [5, 5.41) is 9.56. The summed E-state index contributed by atoms with van der Waals surface area (Å²) in [6, 6.07) is 11.8. The molecule has 0 heterocycles. The number of amides is 1. The molecule has 0 aromatic heterocycles. The lowest BCUT2D eigenvalue weighted by atomic mass is 9.99. The first-order chi connectivity index (χ1) is 10.2. The van der Waals surface area contributed by atoms with Crippen molar-refractivity contribution in [3.63, 3.8) is 0 Å². The molecule has 0 aliphatic carbocycles. The van der Waals surface area contributed by atoms with Crippen LogP contribution in [0.1, 0.15) is 25.0 Å². The summed E-state index contributed by atoms with van der Waals surface area (Å²) in [4.78, 5) is 13.8. The maximum atomic E-state index is 12.0. The molecule has 108 valence electrons. The molecular formula is C18H20N2O. The Hall–Kier alpha value is -2.42. The zero-order valence-corrected chi connectivity index (χ0v) is 12.5. The first-order valence-electron chi connectivity index (χ1n) is 7.20. The van der Waals surface area contributed by atoms with Crippen molar-refractivity contribution < 1.29 is 4.79 Å². The topological polar surface area (TPSA) is 44.2 Å². The van der Waals surface area contributed by atoms with Crippen molar-refractivity contribution in [2.45, 2.75) is 13.8 Å². The van der Waals surface area contributed by atoms with Crippen molar-refractivity contribution in [2.24, 2.45) is 0 Å². The van der Waals surface area contributed by atoms with Gasteiger partial charge >= 0.3 is 0 Å². The Labute approximate surface area is 125 Å². The minimum absolute atomic E-state index is 0.0280. The molecule has 3 heteroatoms. The third-order valence-corrected chi connectivity index (χ3v) is 3.63. The minimum atomic E-state index is 0.0280. The van der Waals surface area contributed by atoms with E-state index >= 15 is 0 Å². The second-order valence-corrected chi connectivity index (χ2v) is 4.78. The van der Waals surface area contributed by atoms with Crippen molar-refractivity contribution in [2.75, 3.05) is 13.1 Å². The fraction of sp³-hybridized carbons (Fsp3) is 0.222. The normalized spacial score (nSPS) is 11.0. The molecule has 2 aromatic rings. The van der Waals surface area contributed by atoms with E-state index in [2.05, 4.69) is 0 Å². The van der Waals surface area contributed by atoms with E-state index < -0.39 is 0 Å². The van der Waals surface area contributed by atoms with Gasteiger partial charge in [0.25, 0.3) is 0 Å². The number of likely N-dealkylation sites (N-methyl/N-ethyl adjacent to an activating group) is 1. The van der Waals surface area contributed by atoms with Gasteiger partial charge in [0.1, 0.15) is 0 Å².